The smallest absolute Gasteiger partial charge is 0.0537 e. The third-order valence-corrected chi connectivity index (χ3v) is 5.25. The van der Waals surface area contributed by atoms with Crippen LogP contribution in [0.4, 0.5) is 0 Å². The van der Waals surface area contributed by atoms with Gasteiger partial charge >= 0.3 is 0 Å². The van der Waals surface area contributed by atoms with Crippen molar-refractivity contribution in [2.45, 2.75) is 65.6 Å². The highest BCUT2D eigenvalue weighted by atomic mass is 16.5. The van der Waals surface area contributed by atoms with E-state index in [9.17, 15) is 0 Å². The molecular formula is C18H31N3O. The van der Waals surface area contributed by atoms with Crippen molar-refractivity contribution in [3.8, 4) is 0 Å². The lowest BCUT2D eigenvalue weighted by Crippen LogP contribution is -2.65. The van der Waals surface area contributed by atoms with E-state index in [2.05, 4.69) is 61.7 Å². The average molecular weight is 305 g/mol. The number of aromatic nitrogens is 2. The van der Waals surface area contributed by atoms with Crippen LogP contribution in [-0.4, -0.2) is 40.0 Å². The van der Waals surface area contributed by atoms with Gasteiger partial charge in [0.15, 0.2) is 0 Å². The molecule has 1 aromatic heterocycles. The van der Waals surface area contributed by atoms with Crippen LogP contribution in [0.1, 0.15) is 59.1 Å². The second-order valence-electron chi connectivity index (χ2n) is 8.57. The fraction of sp³-hybridized carbons (Fsp3) is 0.833. The molecule has 0 saturated carbocycles. The summed E-state index contributed by atoms with van der Waals surface area (Å²) in [4.78, 5) is 2.65. The van der Waals surface area contributed by atoms with E-state index < -0.39 is 0 Å². The van der Waals surface area contributed by atoms with E-state index >= 15 is 0 Å². The summed E-state index contributed by atoms with van der Waals surface area (Å²) >= 11 is 0. The molecule has 0 aromatic carbocycles. The van der Waals surface area contributed by atoms with Gasteiger partial charge in [-0.15, -0.1) is 0 Å². The van der Waals surface area contributed by atoms with Gasteiger partial charge in [0, 0.05) is 55.1 Å². The van der Waals surface area contributed by atoms with Crippen LogP contribution in [0.25, 0.3) is 0 Å². The normalized spacial score (nSPS) is 25.6. The lowest BCUT2D eigenvalue weighted by molar-refractivity contribution is -0.168. The molecule has 1 aromatic rings. The topological polar surface area (TPSA) is 30.3 Å². The van der Waals surface area contributed by atoms with Crippen LogP contribution in [0.2, 0.25) is 0 Å². The maximum Gasteiger partial charge on any atom is 0.0537 e. The van der Waals surface area contributed by atoms with Crippen LogP contribution in [0, 0.1) is 11.3 Å². The van der Waals surface area contributed by atoms with Crippen molar-refractivity contribution in [3.63, 3.8) is 0 Å². The Hall–Kier alpha value is -0.870. The molecule has 4 heteroatoms. The minimum atomic E-state index is 0.203. The number of likely N-dealkylation sites (tertiary alicyclic amines) is 1. The Balaban J connectivity index is 1.86. The second kappa shape index (κ2) is 5.64. The largest absolute Gasteiger partial charge is 0.381 e. The molecule has 0 N–H and O–H groups in total. The predicted octanol–water partition coefficient (Wildman–Crippen LogP) is 3.49. The summed E-state index contributed by atoms with van der Waals surface area (Å²) in [7, 11) is 0. The van der Waals surface area contributed by atoms with Gasteiger partial charge in [0.1, 0.15) is 0 Å². The summed E-state index contributed by atoms with van der Waals surface area (Å²) in [6, 6.07) is 0.498. The van der Waals surface area contributed by atoms with Crippen LogP contribution in [0.5, 0.6) is 0 Å². The van der Waals surface area contributed by atoms with Crippen molar-refractivity contribution < 1.29 is 4.74 Å². The van der Waals surface area contributed by atoms with Gasteiger partial charge in [-0.25, -0.2) is 0 Å². The molecule has 0 radical (unpaired) electrons. The number of rotatable bonds is 3. The van der Waals surface area contributed by atoms with Crippen LogP contribution in [-0.2, 0) is 11.3 Å². The summed E-state index contributed by atoms with van der Waals surface area (Å²) in [6.45, 7) is 15.5. The molecule has 124 valence electrons. The van der Waals surface area contributed by atoms with Crippen molar-refractivity contribution in [1.82, 2.24) is 14.7 Å². The Morgan fingerprint density at radius 1 is 1.32 bits per heavy atom. The third kappa shape index (κ3) is 2.83. The Morgan fingerprint density at radius 3 is 2.59 bits per heavy atom. The highest BCUT2D eigenvalue weighted by Crippen LogP contribution is 2.56. The zero-order valence-electron chi connectivity index (χ0n) is 14.8. The van der Waals surface area contributed by atoms with Crippen LogP contribution >= 0.6 is 0 Å². The van der Waals surface area contributed by atoms with E-state index in [0.717, 1.165) is 19.8 Å². The molecule has 0 bridgehead atoms. The Bertz CT molecular complexity index is 509. The standard InChI is InChI=1S/C18H31N3O/c1-14(2)11-20-12-15(10-19-20)16-18(6-8-22-9-7-18)13-21(16)17(3,4)5/h10,12,14,16H,6-9,11,13H2,1-5H3. The van der Waals surface area contributed by atoms with Gasteiger partial charge in [-0.2, -0.15) is 5.10 Å². The number of ether oxygens (including phenoxy) is 1. The molecule has 1 spiro atoms. The van der Waals surface area contributed by atoms with Gasteiger partial charge < -0.3 is 4.74 Å². The monoisotopic (exact) mass is 305 g/mol. The first kappa shape index (κ1) is 16.0. The molecule has 22 heavy (non-hydrogen) atoms. The Morgan fingerprint density at radius 2 is 2.00 bits per heavy atom. The van der Waals surface area contributed by atoms with E-state index in [1.807, 2.05) is 0 Å². The maximum absolute atomic E-state index is 5.62. The van der Waals surface area contributed by atoms with Gasteiger partial charge in [0.25, 0.3) is 0 Å². The predicted molar refractivity (Wildman–Crippen MR) is 88.8 cm³/mol. The Labute approximate surface area is 134 Å². The molecule has 3 rings (SSSR count). The molecule has 2 fully saturated rings. The highest BCUT2D eigenvalue weighted by Gasteiger charge is 2.56. The highest BCUT2D eigenvalue weighted by molar-refractivity contribution is 5.23. The molecular weight excluding hydrogens is 274 g/mol. The van der Waals surface area contributed by atoms with Crippen molar-refractivity contribution in [3.05, 3.63) is 18.0 Å². The first-order chi connectivity index (χ1) is 10.3. The molecule has 3 heterocycles. The van der Waals surface area contributed by atoms with Crippen molar-refractivity contribution >= 4 is 0 Å². The lowest BCUT2D eigenvalue weighted by atomic mass is 9.63. The van der Waals surface area contributed by atoms with Gasteiger partial charge in [-0.1, -0.05) is 13.8 Å². The number of hydrogen-bond donors (Lipinski definition) is 0. The third-order valence-electron chi connectivity index (χ3n) is 5.25. The zero-order valence-corrected chi connectivity index (χ0v) is 14.8. The van der Waals surface area contributed by atoms with E-state index in [4.69, 9.17) is 4.74 Å². The van der Waals surface area contributed by atoms with E-state index in [0.29, 0.717) is 17.4 Å². The first-order valence-corrected chi connectivity index (χ1v) is 8.69. The fourth-order valence-corrected chi connectivity index (χ4v) is 4.10. The first-order valence-electron chi connectivity index (χ1n) is 8.69. The summed E-state index contributed by atoms with van der Waals surface area (Å²) in [5, 5.41) is 4.61. The fourth-order valence-electron chi connectivity index (χ4n) is 4.10. The lowest BCUT2D eigenvalue weighted by Gasteiger charge is -2.63. The zero-order chi connectivity index (χ0) is 16.0. The number of nitrogens with zero attached hydrogens (tertiary/aromatic N) is 3. The van der Waals surface area contributed by atoms with Crippen LogP contribution < -0.4 is 0 Å². The molecule has 2 aliphatic heterocycles. The summed E-state index contributed by atoms with van der Waals surface area (Å²) in [5.41, 5.74) is 2.00. The molecule has 0 aliphatic carbocycles. The molecule has 4 nitrogen and oxygen atoms in total. The van der Waals surface area contributed by atoms with E-state index in [1.165, 1.54) is 24.9 Å². The van der Waals surface area contributed by atoms with Crippen molar-refractivity contribution in [2.75, 3.05) is 19.8 Å². The van der Waals surface area contributed by atoms with E-state index in [-0.39, 0.29) is 5.54 Å². The van der Waals surface area contributed by atoms with Crippen molar-refractivity contribution in [1.29, 1.82) is 0 Å². The minimum absolute atomic E-state index is 0.203. The summed E-state index contributed by atoms with van der Waals surface area (Å²) in [5.74, 6) is 0.630. The second-order valence-corrected chi connectivity index (χ2v) is 8.57. The maximum atomic E-state index is 5.62. The van der Waals surface area contributed by atoms with Gasteiger partial charge in [0.05, 0.1) is 6.20 Å². The van der Waals surface area contributed by atoms with Crippen LogP contribution in [0.3, 0.4) is 0 Å². The number of hydrogen-bond acceptors (Lipinski definition) is 3. The minimum Gasteiger partial charge on any atom is -0.381 e. The van der Waals surface area contributed by atoms with Gasteiger partial charge in [0.2, 0.25) is 0 Å². The Kier molecular flexibility index (Phi) is 4.11. The molecule has 1 unspecified atom stereocenters. The quantitative estimate of drug-likeness (QED) is 0.856. The molecule has 2 aliphatic rings. The van der Waals surface area contributed by atoms with Gasteiger partial charge in [-0.3, -0.25) is 9.58 Å². The molecule has 0 amide bonds. The SMILES string of the molecule is CC(C)Cn1cc(C2N(C(C)(C)C)CC23CCOCC3)cn1. The van der Waals surface area contributed by atoms with Crippen molar-refractivity contribution in [2.24, 2.45) is 11.3 Å². The average Bonchev–Trinajstić information content (AvgIpc) is 2.83. The van der Waals surface area contributed by atoms with Crippen LogP contribution in [0.15, 0.2) is 12.4 Å². The molecule has 1 atom stereocenters. The van der Waals surface area contributed by atoms with Gasteiger partial charge in [-0.05, 0) is 39.5 Å². The summed E-state index contributed by atoms with van der Waals surface area (Å²) < 4.78 is 7.74. The summed E-state index contributed by atoms with van der Waals surface area (Å²) in [6.07, 6.45) is 6.74. The van der Waals surface area contributed by atoms with E-state index in [1.54, 1.807) is 0 Å². The molecule has 2 saturated heterocycles.